The van der Waals surface area contributed by atoms with Crippen molar-refractivity contribution in [2.24, 2.45) is 0 Å². The van der Waals surface area contributed by atoms with Crippen molar-refractivity contribution in [3.8, 4) is 11.5 Å². The largest absolute Gasteiger partial charge is 0.508 e. The van der Waals surface area contributed by atoms with E-state index in [0.29, 0.717) is 0 Å². The Morgan fingerprint density at radius 2 is 1.16 bits per heavy atom. The van der Waals surface area contributed by atoms with E-state index < -0.39 is 9.28 Å². The summed E-state index contributed by atoms with van der Waals surface area (Å²) in [6.07, 6.45) is 0. The Morgan fingerprint density at radius 3 is 1.74 bits per heavy atom. The molecule has 0 spiro atoms. The third-order valence-corrected chi connectivity index (χ3v) is 5.22. The number of hydrogen-bond acceptors (Lipinski definition) is 2. The molecular weight excluding hydrogens is 252 g/mol. The smallest absolute Gasteiger partial charge is 0.479 e. The molecule has 3 heteroatoms. The minimum absolute atomic E-state index is 0.874. The van der Waals surface area contributed by atoms with Crippen LogP contribution >= 0.6 is 0 Å². The van der Waals surface area contributed by atoms with E-state index in [-0.39, 0.29) is 0 Å². The lowest BCUT2D eigenvalue weighted by Gasteiger charge is -2.06. The maximum atomic E-state index is 6.02. The lowest BCUT2D eigenvalue weighted by Crippen LogP contribution is -2.38. The van der Waals surface area contributed by atoms with Gasteiger partial charge < -0.3 is 8.85 Å². The molecule has 0 amide bonds. The molecular formula is C16H12O2Si. The van der Waals surface area contributed by atoms with Crippen LogP contribution in [0.25, 0.3) is 10.8 Å². The summed E-state index contributed by atoms with van der Waals surface area (Å²) < 4.78 is 12.0. The highest BCUT2D eigenvalue weighted by Crippen LogP contribution is 2.37. The fourth-order valence-corrected chi connectivity index (χ4v) is 4.07. The maximum Gasteiger partial charge on any atom is 0.479 e. The van der Waals surface area contributed by atoms with Crippen molar-refractivity contribution in [2.45, 2.75) is 0 Å². The van der Waals surface area contributed by atoms with E-state index in [1.54, 1.807) is 0 Å². The van der Waals surface area contributed by atoms with E-state index in [4.69, 9.17) is 8.85 Å². The van der Waals surface area contributed by atoms with E-state index >= 15 is 0 Å². The average Bonchev–Trinajstić information content (AvgIpc) is 2.88. The molecule has 0 aromatic heterocycles. The number of rotatable bonds is 1. The standard InChI is InChI=1S/C16H12O2Si/c1-2-8-14(9-3-1)19-17-15-10-12-6-4-5-7-13(12)11-16(15)18-19/h1-11,19H. The summed E-state index contributed by atoms with van der Waals surface area (Å²) in [6.45, 7) is 0. The second kappa shape index (κ2) is 4.14. The zero-order valence-electron chi connectivity index (χ0n) is 10.2. The maximum absolute atomic E-state index is 6.02. The van der Waals surface area contributed by atoms with Crippen LogP contribution in [0.3, 0.4) is 0 Å². The summed E-state index contributed by atoms with van der Waals surface area (Å²) >= 11 is 0. The second-order valence-electron chi connectivity index (χ2n) is 4.62. The first kappa shape index (κ1) is 10.6. The Balaban J connectivity index is 1.76. The van der Waals surface area contributed by atoms with Crippen LogP contribution in [0.5, 0.6) is 11.5 Å². The molecule has 92 valence electrons. The summed E-state index contributed by atoms with van der Waals surface area (Å²) in [5.41, 5.74) is 0. The van der Waals surface area contributed by atoms with Gasteiger partial charge in [-0.1, -0.05) is 54.6 Å². The summed E-state index contributed by atoms with van der Waals surface area (Å²) in [5, 5.41) is 3.54. The SMILES string of the molecule is c1ccc([SiH]2Oc3cc4ccccc4cc3O2)cc1. The van der Waals surface area contributed by atoms with E-state index in [0.717, 1.165) is 11.5 Å². The van der Waals surface area contributed by atoms with E-state index in [1.807, 2.05) is 30.3 Å². The van der Waals surface area contributed by atoms with Gasteiger partial charge in [0.05, 0.1) is 0 Å². The molecule has 0 N–H and O–H groups in total. The molecule has 0 bridgehead atoms. The van der Waals surface area contributed by atoms with E-state index in [9.17, 15) is 0 Å². The van der Waals surface area contributed by atoms with Crippen molar-refractivity contribution < 1.29 is 8.85 Å². The quantitative estimate of drug-likeness (QED) is 0.629. The van der Waals surface area contributed by atoms with Crippen LogP contribution in [-0.4, -0.2) is 9.28 Å². The van der Waals surface area contributed by atoms with Gasteiger partial charge >= 0.3 is 9.28 Å². The predicted molar refractivity (Wildman–Crippen MR) is 78.4 cm³/mol. The summed E-state index contributed by atoms with van der Waals surface area (Å²) in [7, 11) is -1.82. The third kappa shape index (κ3) is 1.79. The molecule has 0 saturated carbocycles. The Labute approximate surface area is 113 Å². The van der Waals surface area contributed by atoms with Gasteiger partial charge in [0.25, 0.3) is 0 Å². The van der Waals surface area contributed by atoms with Crippen LogP contribution in [0.1, 0.15) is 0 Å². The monoisotopic (exact) mass is 264 g/mol. The van der Waals surface area contributed by atoms with E-state index in [2.05, 4.69) is 36.4 Å². The summed E-state index contributed by atoms with van der Waals surface area (Å²) in [4.78, 5) is 0. The van der Waals surface area contributed by atoms with Crippen molar-refractivity contribution in [1.82, 2.24) is 0 Å². The molecule has 19 heavy (non-hydrogen) atoms. The highest BCUT2D eigenvalue weighted by molar-refractivity contribution is 6.63. The zero-order valence-corrected chi connectivity index (χ0v) is 11.4. The van der Waals surface area contributed by atoms with Crippen LogP contribution in [0.15, 0.2) is 66.7 Å². The molecule has 0 fully saturated rings. The van der Waals surface area contributed by atoms with Crippen LogP contribution in [-0.2, 0) is 0 Å². The minimum Gasteiger partial charge on any atom is -0.508 e. The molecule has 0 aliphatic carbocycles. The van der Waals surface area contributed by atoms with Gasteiger partial charge in [0.1, 0.15) is 11.5 Å². The lowest BCUT2D eigenvalue weighted by atomic mass is 10.1. The molecule has 0 atom stereocenters. The van der Waals surface area contributed by atoms with Gasteiger partial charge in [0, 0.05) is 5.19 Å². The third-order valence-electron chi connectivity index (χ3n) is 3.35. The number of benzene rings is 3. The molecule has 1 aliphatic rings. The highest BCUT2D eigenvalue weighted by Gasteiger charge is 2.29. The lowest BCUT2D eigenvalue weighted by molar-refractivity contribution is 0.519. The van der Waals surface area contributed by atoms with Gasteiger partial charge in [-0.25, -0.2) is 0 Å². The Hall–Kier alpha value is -2.26. The molecule has 0 unspecified atom stereocenters. The van der Waals surface area contributed by atoms with Crippen LogP contribution in [0.4, 0.5) is 0 Å². The van der Waals surface area contributed by atoms with Gasteiger partial charge in [0.15, 0.2) is 0 Å². The number of fused-ring (bicyclic) bond motifs is 2. The van der Waals surface area contributed by atoms with Crippen molar-refractivity contribution in [1.29, 1.82) is 0 Å². The van der Waals surface area contributed by atoms with Gasteiger partial charge in [-0.15, -0.1) is 0 Å². The van der Waals surface area contributed by atoms with Crippen molar-refractivity contribution in [3.05, 3.63) is 66.7 Å². The van der Waals surface area contributed by atoms with Crippen molar-refractivity contribution in [3.63, 3.8) is 0 Å². The molecule has 3 aromatic carbocycles. The summed E-state index contributed by atoms with van der Waals surface area (Å²) in [5.74, 6) is 1.75. The molecule has 1 heterocycles. The minimum atomic E-state index is -1.82. The predicted octanol–water partition coefficient (Wildman–Crippen LogP) is 2.74. The fraction of sp³-hybridized carbons (Fsp3) is 0. The van der Waals surface area contributed by atoms with Crippen LogP contribution in [0.2, 0.25) is 0 Å². The topological polar surface area (TPSA) is 18.5 Å². The first-order valence-electron chi connectivity index (χ1n) is 6.31. The van der Waals surface area contributed by atoms with Gasteiger partial charge in [0.2, 0.25) is 0 Å². The molecule has 3 aromatic rings. The van der Waals surface area contributed by atoms with Crippen molar-refractivity contribution in [2.75, 3.05) is 0 Å². The van der Waals surface area contributed by atoms with Crippen LogP contribution in [0, 0.1) is 0 Å². The Morgan fingerprint density at radius 1 is 0.632 bits per heavy atom. The van der Waals surface area contributed by atoms with Gasteiger partial charge in [-0.05, 0) is 22.9 Å². The Kier molecular flexibility index (Phi) is 2.32. The molecule has 0 saturated heterocycles. The molecule has 4 rings (SSSR count). The van der Waals surface area contributed by atoms with Gasteiger partial charge in [-0.2, -0.15) is 0 Å². The molecule has 0 radical (unpaired) electrons. The Bertz CT molecular complexity index is 696. The zero-order chi connectivity index (χ0) is 12.7. The molecule has 1 aliphatic heterocycles. The fourth-order valence-electron chi connectivity index (χ4n) is 2.38. The number of hydrogen-bond donors (Lipinski definition) is 0. The summed E-state index contributed by atoms with van der Waals surface area (Å²) in [6, 6.07) is 22.6. The van der Waals surface area contributed by atoms with E-state index in [1.165, 1.54) is 16.0 Å². The van der Waals surface area contributed by atoms with Crippen molar-refractivity contribution >= 4 is 25.2 Å². The average molecular weight is 264 g/mol. The van der Waals surface area contributed by atoms with Gasteiger partial charge in [-0.3, -0.25) is 0 Å². The molecule has 2 nitrogen and oxygen atoms in total. The highest BCUT2D eigenvalue weighted by atomic mass is 28.3. The first-order chi connectivity index (χ1) is 9.40. The normalized spacial score (nSPS) is 13.9. The first-order valence-corrected chi connectivity index (χ1v) is 7.83. The second-order valence-corrected chi connectivity index (χ2v) is 6.43. The van der Waals surface area contributed by atoms with Crippen LogP contribution < -0.4 is 14.0 Å².